The third kappa shape index (κ3) is 6.71. The van der Waals surface area contributed by atoms with Crippen molar-refractivity contribution in [1.82, 2.24) is 15.2 Å². The number of nitrogens with one attached hydrogen (secondary N) is 1. The molecule has 1 heterocycles. The Morgan fingerprint density at radius 1 is 1.12 bits per heavy atom. The maximum absolute atomic E-state index is 13.4. The Bertz CT molecular complexity index is 1110. The summed E-state index contributed by atoms with van der Waals surface area (Å²) in [6, 6.07) is 11.2. The molecule has 0 atom stereocenters. The predicted molar refractivity (Wildman–Crippen MR) is 132 cm³/mol. The van der Waals surface area contributed by atoms with E-state index in [0.29, 0.717) is 23.8 Å². The second-order valence-electron chi connectivity index (χ2n) is 7.58. The summed E-state index contributed by atoms with van der Waals surface area (Å²) in [5.41, 5.74) is 0.569. The molecule has 0 aliphatic carbocycles. The highest BCUT2D eigenvalue weighted by molar-refractivity contribution is 7.14. The van der Waals surface area contributed by atoms with Crippen molar-refractivity contribution < 1.29 is 18.0 Å². The van der Waals surface area contributed by atoms with E-state index in [4.69, 9.17) is 11.6 Å². The van der Waals surface area contributed by atoms with Crippen LogP contribution in [0.2, 0.25) is 5.02 Å². The Morgan fingerprint density at radius 2 is 1.88 bits per heavy atom. The van der Waals surface area contributed by atoms with Crippen LogP contribution in [-0.4, -0.2) is 42.1 Å². The van der Waals surface area contributed by atoms with Gasteiger partial charge in [0.25, 0.3) is 0 Å². The van der Waals surface area contributed by atoms with Gasteiger partial charge in [-0.25, -0.2) is 14.7 Å². The van der Waals surface area contributed by atoms with Gasteiger partial charge < -0.3 is 10.2 Å². The maximum atomic E-state index is 13.4. The molecule has 0 fully saturated rings. The van der Waals surface area contributed by atoms with Crippen molar-refractivity contribution in [2.45, 2.75) is 26.4 Å². The number of likely N-dealkylation sites (N-methyl/N-ethyl adjacent to an activating group) is 1. The molecule has 0 aliphatic heterocycles. The highest BCUT2D eigenvalue weighted by atomic mass is 35.5. The number of halogens is 4. The van der Waals surface area contributed by atoms with Crippen LogP contribution >= 0.6 is 22.9 Å². The van der Waals surface area contributed by atoms with E-state index >= 15 is 0 Å². The smallest absolute Gasteiger partial charge is 0.336 e. The van der Waals surface area contributed by atoms with Crippen LogP contribution < -0.4 is 10.2 Å². The van der Waals surface area contributed by atoms with Crippen molar-refractivity contribution in [2.75, 3.05) is 31.1 Å². The minimum atomic E-state index is -4.53. The molecular formula is C24H26ClF3N4OS. The van der Waals surface area contributed by atoms with Gasteiger partial charge in [-0.05, 0) is 49.8 Å². The minimum Gasteiger partial charge on any atom is -0.336 e. The van der Waals surface area contributed by atoms with Gasteiger partial charge in [0.1, 0.15) is 0 Å². The number of urea groups is 1. The number of rotatable bonds is 9. The zero-order chi connectivity index (χ0) is 24.7. The van der Waals surface area contributed by atoms with Crippen molar-refractivity contribution in [3.8, 4) is 11.3 Å². The van der Waals surface area contributed by atoms with E-state index in [1.807, 2.05) is 13.0 Å². The second kappa shape index (κ2) is 11.7. The summed E-state index contributed by atoms with van der Waals surface area (Å²) in [6.45, 7) is 6.86. The molecule has 0 saturated heterocycles. The molecule has 3 aromatic rings. The number of thiazole rings is 1. The van der Waals surface area contributed by atoms with E-state index in [2.05, 4.69) is 22.1 Å². The quantitative estimate of drug-likeness (QED) is 0.335. The zero-order valence-corrected chi connectivity index (χ0v) is 20.5. The van der Waals surface area contributed by atoms with Crippen LogP contribution in [-0.2, 0) is 6.18 Å². The molecule has 0 saturated carbocycles. The Kier molecular flexibility index (Phi) is 8.93. The van der Waals surface area contributed by atoms with Gasteiger partial charge >= 0.3 is 12.2 Å². The van der Waals surface area contributed by atoms with E-state index < -0.39 is 17.8 Å². The summed E-state index contributed by atoms with van der Waals surface area (Å²) in [4.78, 5) is 21.1. The Morgan fingerprint density at radius 3 is 2.56 bits per heavy atom. The summed E-state index contributed by atoms with van der Waals surface area (Å²) in [5, 5.41) is 5.37. The van der Waals surface area contributed by atoms with E-state index in [1.165, 1.54) is 28.4 Å². The largest absolute Gasteiger partial charge is 0.416 e. The molecule has 182 valence electrons. The number of aromatic nitrogens is 1. The summed E-state index contributed by atoms with van der Waals surface area (Å²) in [7, 11) is 0. The number of anilines is 2. The first-order valence-electron chi connectivity index (χ1n) is 10.9. The molecule has 0 aliphatic rings. The third-order valence-electron chi connectivity index (χ3n) is 5.13. The van der Waals surface area contributed by atoms with Crippen molar-refractivity contribution in [3.63, 3.8) is 0 Å². The van der Waals surface area contributed by atoms with Crippen molar-refractivity contribution in [3.05, 3.63) is 64.5 Å². The van der Waals surface area contributed by atoms with Crippen LogP contribution in [0.5, 0.6) is 0 Å². The van der Waals surface area contributed by atoms with Crippen LogP contribution in [0, 0.1) is 0 Å². The number of nitrogens with zero attached hydrogens (tertiary/aromatic N) is 3. The van der Waals surface area contributed by atoms with Crippen LogP contribution in [0.15, 0.2) is 53.9 Å². The Labute approximate surface area is 206 Å². The van der Waals surface area contributed by atoms with Gasteiger partial charge in [-0.2, -0.15) is 13.2 Å². The van der Waals surface area contributed by atoms with Gasteiger partial charge in [0.15, 0.2) is 5.13 Å². The molecule has 0 bridgehead atoms. The molecule has 1 N–H and O–H groups in total. The van der Waals surface area contributed by atoms with E-state index in [1.54, 1.807) is 23.6 Å². The first-order chi connectivity index (χ1) is 16.2. The lowest BCUT2D eigenvalue weighted by molar-refractivity contribution is -0.137. The molecule has 0 radical (unpaired) electrons. The molecule has 5 nitrogen and oxygen atoms in total. The Hall–Kier alpha value is -2.62. The van der Waals surface area contributed by atoms with Gasteiger partial charge in [-0.1, -0.05) is 43.6 Å². The maximum Gasteiger partial charge on any atom is 0.416 e. The third-order valence-corrected chi connectivity index (χ3v) is 6.19. The van der Waals surface area contributed by atoms with Gasteiger partial charge in [0.05, 0.1) is 16.9 Å². The molecule has 2 aromatic carbocycles. The van der Waals surface area contributed by atoms with Crippen LogP contribution in [0.25, 0.3) is 11.3 Å². The fourth-order valence-corrected chi connectivity index (χ4v) is 4.47. The molecule has 0 unspecified atom stereocenters. The number of benzene rings is 2. The average Bonchev–Trinajstić information content (AvgIpc) is 3.28. The molecule has 0 spiro atoms. The van der Waals surface area contributed by atoms with Gasteiger partial charge in [0.2, 0.25) is 0 Å². The summed E-state index contributed by atoms with van der Waals surface area (Å²) in [6.07, 6.45) is -3.54. The molecule has 2 amide bonds. The summed E-state index contributed by atoms with van der Waals surface area (Å²) in [5.74, 6) is 0. The highest BCUT2D eigenvalue weighted by Gasteiger charge is 2.32. The summed E-state index contributed by atoms with van der Waals surface area (Å²) >= 11 is 7.24. The molecule has 10 heteroatoms. The first kappa shape index (κ1) is 26.0. The van der Waals surface area contributed by atoms with E-state index in [-0.39, 0.29) is 10.8 Å². The van der Waals surface area contributed by atoms with Crippen molar-refractivity contribution in [2.24, 2.45) is 0 Å². The lowest BCUT2D eigenvalue weighted by atomic mass is 10.2. The lowest BCUT2D eigenvalue weighted by Crippen LogP contribution is -2.41. The van der Waals surface area contributed by atoms with Gasteiger partial charge in [-0.15, -0.1) is 11.3 Å². The SMILES string of the molecule is CCCN(CC)CCNC(=O)N(c1cccc(C(F)(F)F)c1)c1nc(-c2cccc(Cl)c2)cs1. The normalized spacial score (nSPS) is 11.6. The number of hydrogen-bond donors (Lipinski definition) is 1. The predicted octanol–water partition coefficient (Wildman–Crippen LogP) is 7.06. The van der Waals surface area contributed by atoms with Gasteiger partial charge in [-0.3, -0.25) is 0 Å². The monoisotopic (exact) mass is 510 g/mol. The number of alkyl halides is 3. The van der Waals surface area contributed by atoms with Gasteiger partial charge in [0, 0.05) is 29.1 Å². The molecule has 34 heavy (non-hydrogen) atoms. The molecule has 3 rings (SSSR count). The van der Waals surface area contributed by atoms with Crippen LogP contribution in [0.4, 0.5) is 28.8 Å². The van der Waals surface area contributed by atoms with E-state index in [9.17, 15) is 18.0 Å². The highest BCUT2D eigenvalue weighted by Crippen LogP contribution is 2.36. The lowest BCUT2D eigenvalue weighted by Gasteiger charge is -2.23. The fraction of sp³-hybridized carbons (Fsp3) is 0.333. The van der Waals surface area contributed by atoms with Crippen molar-refractivity contribution in [1.29, 1.82) is 0 Å². The Balaban J connectivity index is 1.91. The topological polar surface area (TPSA) is 48.5 Å². The zero-order valence-electron chi connectivity index (χ0n) is 18.9. The second-order valence-corrected chi connectivity index (χ2v) is 8.85. The number of hydrogen-bond acceptors (Lipinski definition) is 4. The summed E-state index contributed by atoms with van der Waals surface area (Å²) < 4.78 is 40.1. The van der Waals surface area contributed by atoms with Crippen molar-refractivity contribution >= 4 is 39.8 Å². The number of carbonyl (C=O) groups excluding carboxylic acids is 1. The average molecular weight is 511 g/mol. The number of carbonyl (C=O) groups is 1. The number of amides is 2. The van der Waals surface area contributed by atoms with E-state index in [0.717, 1.165) is 37.2 Å². The minimum absolute atomic E-state index is 0.0835. The molecular weight excluding hydrogens is 485 g/mol. The first-order valence-corrected chi connectivity index (χ1v) is 12.2. The van der Waals surface area contributed by atoms with Crippen LogP contribution in [0.3, 0.4) is 0 Å². The van der Waals surface area contributed by atoms with Crippen LogP contribution in [0.1, 0.15) is 25.8 Å². The molecule has 1 aromatic heterocycles. The fourth-order valence-electron chi connectivity index (χ4n) is 3.43. The standard InChI is InChI=1S/C24H26ClF3N4OS/c1-3-12-31(4-2)13-11-29-22(33)32(20-10-6-8-18(15-20)24(26,27)28)23-30-21(16-34-23)17-7-5-9-19(25)14-17/h5-10,14-16H,3-4,11-13H2,1-2H3,(H,29,33).